The zero-order valence-corrected chi connectivity index (χ0v) is 8.43. The molecule has 0 aliphatic heterocycles. The molecule has 0 amide bonds. The Balaban J connectivity index is 2.89. The van der Waals surface area contributed by atoms with Gasteiger partial charge in [0, 0.05) is 21.5 Å². The quantitative estimate of drug-likeness (QED) is 0.594. The molecule has 0 atom stereocenters. The minimum absolute atomic E-state index is 0.330. The number of hydrogen-bond donors (Lipinski definition) is 0. The van der Waals surface area contributed by atoms with Crippen LogP contribution in [0.4, 0.5) is 4.79 Å². The summed E-state index contributed by atoms with van der Waals surface area (Å²) in [6, 6.07) is 7.11. The first-order chi connectivity index (χ1) is 5.74. The van der Waals surface area contributed by atoms with Crippen LogP contribution in [0.1, 0.15) is 5.56 Å². The van der Waals surface area contributed by atoms with Crippen LogP contribution in [-0.4, -0.2) is 4.88 Å². The van der Waals surface area contributed by atoms with Crippen LogP contribution >= 0.6 is 27.5 Å². The fourth-order valence-electron chi connectivity index (χ4n) is 0.800. The number of carbonyl (C=O) groups is 1. The lowest BCUT2D eigenvalue weighted by Crippen LogP contribution is -1.97. The highest BCUT2D eigenvalue weighted by Gasteiger charge is 2.03. The van der Waals surface area contributed by atoms with Gasteiger partial charge in [-0.25, -0.2) is 4.79 Å². The Morgan fingerprint density at radius 3 is 2.75 bits per heavy atom. The van der Waals surface area contributed by atoms with Gasteiger partial charge >= 0.3 is 4.88 Å². The maximum absolute atomic E-state index is 10.5. The van der Waals surface area contributed by atoms with Crippen molar-refractivity contribution in [1.82, 2.24) is 0 Å². The zero-order chi connectivity index (χ0) is 8.97. The van der Waals surface area contributed by atoms with Crippen LogP contribution in [0.15, 0.2) is 24.3 Å². The molecule has 1 aromatic rings. The molecule has 0 spiro atoms. The van der Waals surface area contributed by atoms with Crippen molar-refractivity contribution in [2.45, 2.75) is 5.88 Å². The normalized spacial score (nSPS) is 9.50. The average Bonchev–Trinajstić information content (AvgIpc) is 2.04. The highest BCUT2D eigenvalue weighted by atomic mass is 79.9. The van der Waals surface area contributed by atoms with Crippen LogP contribution in [-0.2, 0) is 5.88 Å². The van der Waals surface area contributed by atoms with E-state index in [1.165, 1.54) is 0 Å². The molecule has 0 saturated heterocycles. The average molecular weight is 249 g/mol. The fourth-order valence-corrected chi connectivity index (χ4v) is 1.20. The van der Waals surface area contributed by atoms with Gasteiger partial charge in [0.1, 0.15) is 5.75 Å². The first kappa shape index (κ1) is 9.55. The van der Waals surface area contributed by atoms with Gasteiger partial charge in [-0.2, -0.15) is 0 Å². The molecule has 0 bridgehead atoms. The first-order valence-corrected chi connectivity index (χ1v) is 4.58. The Morgan fingerprint density at radius 1 is 1.50 bits per heavy atom. The molecule has 1 rings (SSSR count). The van der Waals surface area contributed by atoms with E-state index in [4.69, 9.17) is 16.3 Å². The number of rotatable bonds is 2. The number of carbonyl (C=O) groups excluding carboxylic acids is 1. The van der Waals surface area contributed by atoms with Crippen LogP contribution in [0.2, 0.25) is 0 Å². The molecule has 0 saturated carbocycles. The van der Waals surface area contributed by atoms with Crippen molar-refractivity contribution in [2.75, 3.05) is 0 Å². The van der Waals surface area contributed by atoms with Gasteiger partial charge in [0.2, 0.25) is 0 Å². The van der Waals surface area contributed by atoms with Crippen molar-refractivity contribution in [3.63, 3.8) is 0 Å². The topological polar surface area (TPSA) is 26.3 Å². The van der Waals surface area contributed by atoms with Crippen LogP contribution in [0, 0.1) is 0 Å². The van der Waals surface area contributed by atoms with E-state index in [-0.39, 0.29) is 0 Å². The van der Waals surface area contributed by atoms with Gasteiger partial charge in [-0.05, 0) is 6.07 Å². The second-order valence-electron chi connectivity index (χ2n) is 2.08. The van der Waals surface area contributed by atoms with Gasteiger partial charge < -0.3 is 4.74 Å². The third kappa shape index (κ3) is 2.50. The third-order valence-electron chi connectivity index (χ3n) is 1.31. The summed E-state index contributed by atoms with van der Waals surface area (Å²) in [6.07, 6.45) is 0. The van der Waals surface area contributed by atoms with Crippen molar-refractivity contribution < 1.29 is 9.53 Å². The number of halogens is 2. The molecule has 0 aliphatic rings. The van der Waals surface area contributed by atoms with E-state index in [2.05, 4.69) is 15.9 Å². The first-order valence-electron chi connectivity index (χ1n) is 3.25. The number of para-hydroxylation sites is 1. The van der Waals surface area contributed by atoms with Crippen molar-refractivity contribution >= 4 is 32.4 Å². The lowest BCUT2D eigenvalue weighted by atomic mass is 10.2. The van der Waals surface area contributed by atoms with Crippen LogP contribution in [0.5, 0.6) is 5.75 Å². The van der Waals surface area contributed by atoms with Crippen molar-refractivity contribution in [2.24, 2.45) is 0 Å². The summed E-state index contributed by atoms with van der Waals surface area (Å²) < 4.78 is 4.83. The molecule has 1 aromatic carbocycles. The number of benzene rings is 1. The van der Waals surface area contributed by atoms with E-state index in [1.54, 1.807) is 18.2 Å². The molecule has 12 heavy (non-hydrogen) atoms. The molecular formula is C8H6BrClO2. The molecule has 2 nitrogen and oxygen atoms in total. The van der Waals surface area contributed by atoms with Crippen LogP contribution in [0.25, 0.3) is 0 Å². The summed E-state index contributed by atoms with van der Waals surface area (Å²) in [5.74, 6) is 0.825. The van der Waals surface area contributed by atoms with Gasteiger partial charge in [0.15, 0.2) is 0 Å². The molecule has 0 N–H and O–H groups in total. The van der Waals surface area contributed by atoms with Crippen molar-refractivity contribution in [3.8, 4) is 5.75 Å². The highest BCUT2D eigenvalue weighted by molar-refractivity contribution is 9.18. The Labute approximate surface area is 83.6 Å². The lowest BCUT2D eigenvalue weighted by Gasteiger charge is -2.03. The monoisotopic (exact) mass is 248 g/mol. The number of hydrogen-bond acceptors (Lipinski definition) is 2. The molecule has 0 unspecified atom stereocenters. The molecular weight excluding hydrogens is 243 g/mol. The second-order valence-corrected chi connectivity index (χ2v) is 3.00. The molecule has 0 aromatic heterocycles. The summed E-state index contributed by atoms with van der Waals surface area (Å²) in [5.41, 5.74) is 0.798. The van der Waals surface area contributed by atoms with Gasteiger partial charge in [-0.1, -0.05) is 18.2 Å². The van der Waals surface area contributed by atoms with E-state index in [1.807, 2.05) is 6.07 Å². The van der Waals surface area contributed by atoms with Crippen molar-refractivity contribution in [1.29, 1.82) is 0 Å². The Kier molecular flexibility index (Phi) is 3.56. The summed E-state index contributed by atoms with van der Waals surface area (Å²) in [4.78, 5) is 10.0. The zero-order valence-electron chi connectivity index (χ0n) is 6.09. The van der Waals surface area contributed by atoms with Crippen LogP contribution in [0.3, 0.4) is 0 Å². The summed E-state index contributed by atoms with van der Waals surface area (Å²) in [5, 5.41) is 0. The van der Waals surface area contributed by atoms with Gasteiger partial charge in [-0.15, -0.1) is 11.6 Å². The summed E-state index contributed by atoms with van der Waals surface area (Å²) >= 11 is 8.28. The molecule has 0 radical (unpaired) electrons. The molecule has 0 aliphatic carbocycles. The smallest absolute Gasteiger partial charge is 0.380 e. The van der Waals surface area contributed by atoms with Crippen molar-refractivity contribution in [3.05, 3.63) is 29.8 Å². The maximum Gasteiger partial charge on any atom is 0.380 e. The van der Waals surface area contributed by atoms with E-state index >= 15 is 0 Å². The molecule has 4 heteroatoms. The standard InChI is InChI=1S/C8H6BrClO2/c9-8(11)12-7-4-2-1-3-6(7)5-10/h1-4H,5H2. The molecule has 64 valence electrons. The van der Waals surface area contributed by atoms with Crippen LogP contribution < -0.4 is 4.74 Å². The van der Waals surface area contributed by atoms with E-state index in [9.17, 15) is 4.79 Å². The van der Waals surface area contributed by atoms with Gasteiger partial charge in [-0.3, -0.25) is 0 Å². The van der Waals surface area contributed by atoms with E-state index in [0.29, 0.717) is 11.6 Å². The largest absolute Gasteiger partial charge is 0.418 e. The minimum Gasteiger partial charge on any atom is -0.418 e. The molecule has 0 heterocycles. The Morgan fingerprint density at radius 2 is 2.17 bits per heavy atom. The highest BCUT2D eigenvalue weighted by Crippen LogP contribution is 2.20. The fraction of sp³-hybridized carbons (Fsp3) is 0.125. The second kappa shape index (κ2) is 4.48. The van der Waals surface area contributed by atoms with E-state index < -0.39 is 4.88 Å². The number of alkyl halides is 1. The summed E-state index contributed by atoms with van der Waals surface area (Å²) in [6.45, 7) is 0. The predicted octanol–water partition coefficient (Wildman–Crippen LogP) is 3.32. The Hall–Kier alpha value is -0.540. The number of ether oxygens (including phenoxy) is 1. The van der Waals surface area contributed by atoms with Gasteiger partial charge in [0.25, 0.3) is 0 Å². The predicted molar refractivity (Wildman–Crippen MR) is 51.0 cm³/mol. The van der Waals surface area contributed by atoms with Gasteiger partial charge in [0.05, 0.1) is 5.88 Å². The molecule has 0 fully saturated rings. The SMILES string of the molecule is O=C(Br)Oc1ccccc1CCl. The minimum atomic E-state index is -0.514. The van der Waals surface area contributed by atoms with E-state index in [0.717, 1.165) is 5.56 Å². The summed E-state index contributed by atoms with van der Waals surface area (Å²) in [7, 11) is 0. The Bertz CT molecular complexity index is 288. The third-order valence-corrected chi connectivity index (χ3v) is 1.76. The lowest BCUT2D eigenvalue weighted by molar-refractivity contribution is 0.228. The maximum atomic E-state index is 10.5.